The second-order valence-corrected chi connectivity index (χ2v) is 8.20. The number of rotatable bonds is 7. The van der Waals surface area contributed by atoms with Crippen molar-refractivity contribution in [1.29, 1.82) is 0 Å². The van der Waals surface area contributed by atoms with Crippen LogP contribution in [0.3, 0.4) is 0 Å². The van der Waals surface area contributed by atoms with E-state index in [9.17, 15) is 9.59 Å². The van der Waals surface area contributed by atoms with Crippen LogP contribution in [-0.2, 0) is 9.53 Å². The number of amides is 2. The van der Waals surface area contributed by atoms with Crippen LogP contribution in [0.5, 0.6) is 0 Å². The van der Waals surface area contributed by atoms with E-state index in [0.29, 0.717) is 35.7 Å². The van der Waals surface area contributed by atoms with Gasteiger partial charge in [-0.25, -0.2) is 4.98 Å². The smallest absolute Gasteiger partial charge is 0.254 e. The first kappa shape index (κ1) is 23.2. The van der Waals surface area contributed by atoms with Gasteiger partial charge in [0.1, 0.15) is 5.82 Å². The highest BCUT2D eigenvalue weighted by molar-refractivity contribution is 6.06. The number of methoxy groups -OCH3 is 1. The number of carbonyl (C=O) groups is 2. The van der Waals surface area contributed by atoms with E-state index in [2.05, 4.69) is 10.3 Å². The van der Waals surface area contributed by atoms with E-state index < -0.39 is 12.0 Å². The number of aromatic nitrogens is 1. The van der Waals surface area contributed by atoms with Gasteiger partial charge in [-0.1, -0.05) is 54.6 Å². The number of anilines is 1. The molecule has 0 aliphatic carbocycles. The highest BCUT2D eigenvalue weighted by Crippen LogP contribution is 2.40. The minimum absolute atomic E-state index is 0.162. The topological polar surface area (TPSA) is 97.5 Å². The van der Waals surface area contributed by atoms with Crippen molar-refractivity contribution < 1.29 is 14.3 Å². The number of nitrogens with one attached hydrogen (secondary N) is 1. The fraction of sp³-hybridized carbons (Fsp3) is 0.222. The Balaban J connectivity index is 1.85. The quantitative estimate of drug-likeness (QED) is 0.566. The summed E-state index contributed by atoms with van der Waals surface area (Å²) < 4.78 is 5.30. The standard InChI is InChI=1S/C27H28N4O3/c1-18-12-13-23(29-17-18)30-26(32)24-20-10-6-7-11-21(20)27(33)31(14-15-34-2)25(24)22(16-28)19-8-4-3-5-9-19/h3-13,16-17,24-25H,14-15,28H2,1-2H3,(H,29,30,32)/b22-16+. The molecule has 2 aromatic carbocycles. The maximum absolute atomic E-state index is 13.8. The first-order valence-electron chi connectivity index (χ1n) is 11.1. The van der Waals surface area contributed by atoms with Crippen molar-refractivity contribution in [2.45, 2.75) is 18.9 Å². The van der Waals surface area contributed by atoms with Crippen LogP contribution in [0.2, 0.25) is 0 Å². The SMILES string of the molecule is COCCN1C(=O)c2ccccc2C(C(=O)Nc2ccc(C)cn2)C1/C(=C/N)c1ccccc1. The van der Waals surface area contributed by atoms with Gasteiger partial charge in [-0.15, -0.1) is 0 Å². The molecule has 2 atom stereocenters. The van der Waals surface area contributed by atoms with Crippen molar-refractivity contribution in [3.05, 3.63) is 101 Å². The van der Waals surface area contributed by atoms with Crippen molar-refractivity contribution in [3.63, 3.8) is 0 Å². The van der Waals surface area contributed by atoms with Gasteiger partial charge >= 0.3 is 0 Å². The molecule has 0 fully saturated rings. The first-order chi connectivity index (χ1) is 16.5. The van der Waals surface area contributed by atoms with Crippen LogP contribution >= 0.6 is 0 Å². The maximum atomic E-state index is 13.8. The predicted octanol–water partition coefficient (Wildman–Crippen LogP) is 3.58. The Hall–Kier alpha value is -3.97. The lowest BCUT2D eigenvalue weighted by Crippen LogP contribution is -2.53. The molecular weight excluding hydrogens is 428 g/mol. The number of nitrogens with two attached hydrogens (primary N) is 1. The zero-order valence-corrected chi connectivity index (χ0v) is 19.3. The van der Waals surface area contributed by atoms with E-state index in [1.807, 2.05) is 55.5 Å². The molecule has 0 saturated carbocycles. The summed E-state index contributed by atoms with van der Waals surface area (Å²) in [4.78, 5) is 33.4. The van der Waals surface area contributed by atoms with Crippen LogP contribution < -0.4 is 11.1 Å². The van der Waals surface area contributed by atoms with E-state index in [-0.39, 0.29) is 11.8 Å². The number of nitrogens with zero attached hydrogens (tertiary/aromatic N) is 2. The fourth-order valence-corrected chi connectivity index (χ4v) is 4.40. The van der Waals surface area contributed by atoms with E-state index in [1.54, 1.807) is 36.4 Å². The number of carbonyl (C=O) groups excluding carboxylic acids is 2. The van der Waals surface area contributed by atoms with Gasteiger partial charge in [-0.3, -0.25) is 9.59 Å². The number of aryl methyl sites for hydroxylation is 1. The van der Waals surface area contributed by atoms with Gasteiger partial charge in [-0.05, 0) is 47.5 Å². The average molecular weight is 457 g/mol. The van der Waals surface area contributed by atoms with E-state index in [4.69, 9.17) is 10.5 Å². The summed E-state index contributed by atoms with van der Waals surface area (Å²) in [7, 11) is 1.58. The zero-order chi connectivity index (χ0) is 24.1. The van der Waals surface area contributed by atoms with Crippen molar-refractivity contribution in [2.24, 2.45) is 5.73 Å². The molecule has 2 unspecified atom stereocenters. The second kappa shape index (κ2) is 10.3. The molecule has 1 aliphatic heterocycles. The second-order valence-electron chi connectivity index (χ2n) is 8.20. The van der Waals surface area contributed by atoms with Gasteiger partial charge in [0.2, 0.25) is 5.91 Å². The molecule has 0 saturated heterocycles. The molecule has 0 radical (unpaired) electrons. The lowest BCUT2D eigenvalue weighted by molar-refractivity contribution is -0.118. The Bertz CT molecular complexity index is 1190. The van der Waals surface area contributed by atoms with Crippen LogP contribution in [-0.4, -0.2) is 48.0 Å². The highest BCUT2D eigenvalue weighted by Gasteiger charge is 2.45. The lowest BCUT2D eigenvalue weighted by atomic mass is 9.77. The van der Waals surface area contributed by atoms with E-state index in [1.165, 1.54) is 6.20 Å². The summed E-state index contributed by atoms with van der Waals surface area (Å²) in [6, 6.07) is 19.8. The van der Waals surface area contributed by atoms with Crippen LogP contribution in [0.15, 0.2) is 79.1 Å². The number of hydrogen-bond donors (Lipinski definition) is 2. The summed E-state index contributed by atoms with van der Waals surface area (Å²) in [5, 5.41) is 2.94. The number of pyridine rings is 1. The molecule has 4 rings (SSSR count). The van der Waals surface area contributed by atoms with Gasteiger partial charge in [0.25, 0.3) is 5.91 Å². The Kier molecular flexibility index (Phi) is 7.04. The van der Waals surface area contributed by atoms with Crippen LogP contribution in [0.25, 0.3) is 5.57 Å². The van der Waals surface area contributed by atoms with Gasteiger partial charge in [-0.2, -0.15) is 0 Å². The summed E-state index contributed by atoms with van der Waals surface area (Å²) >= 11 is 0. The van der Waals surface area contributed by atoms with Crippen molar-refractivity contribution >= 4 is 23.2 Å². The molecule has 2 heterocycles. The third kappa shape index (κ3) is 4.56. The third-order valence-electron chi connectivity index (χ3n) is 6.03. The lowest BCUT2D eigenvalue weighted by Gasteiger charge is -2.42. The van der Waals surface area contributed by atoms with Gasteiger partial charge in [0.15, 0.2) is 0 Å². The van der Waals surface area contributed by atoms with Gasteiger partial charge in [0, 0.05) is 25.4 Å². The van der Waals surface area contributed by atoms with Crippen molar-refractivity contribution in [1.82, 2.24) is 9.88 Å². The maximum Gasteiger partial charge on any atom is 0.254 e. The molecule has 3 aromatic rings. The molecule has 0 bridgehead atoms. The van der Waals surface area contributed by atoms with Crippen molar-refractivity contribution in [2.75, 3.05) is 25.6 Å². The first-order valence-corrected chi connectivity index (χ1v) is 11.1. The minimum Gasteiger partial charge on any atom is -0.404 e. The molecule has 7 heteroatoms. The average Bonchev–Trinajstić information content (AvgIpc) is 2.86. The summed E-state index contributed by atoms with van der Waals surface area (Å²) in [6.07, 6.45) is 3.19. The number of hydrogen-bond acceptors (Lipinski definition) is 5. The van der Waals surface area contributed by atoms with Crippen molar-refractivity contribution in [3.8, 4) is 0 Å². The summed E-state index contributed by atoms with van der Waals surface area (Å²) in [5.74, 6) is -0.682. The molecule has 2 amide bonds. The zero-order valence-electron chi connectivity index (χ0n) is 19.3. The van der Waals surface area contributed by atoms with Crippen LogP contribution in [0.4, 0.5) is 5.82 Å². The molecule has 1 aliphatic rings. The Morgan fingerprint density at radius 2 is 1.85 bits per heavy atom. The molecule has 7 nitrogen and oxygen atoms in total. The Morgan fingerprint density at radius 1 is 1.12 bits per heavy atom. The fourth-order valence-electron chi connectivity index (χ4n) is 4.40. The molecule has 174 valence electrons. The third-order valence-corrected chi connectivity index (χ3v) is 6.03. The molecule has 34 heavy (non-hydrogen) atoms. The monoisotopic (exact) mass is 456 g/mol. The van der Waals surface area contributed by atoms with E-state index in [0.717, 1.165) is 11.1 Å². The molecule has 0 spiro atoms. The number of fused-ring (bicyclic) bond motifs is 1. The largest absolute Gasteiger partial charge is 0.404 e. The van der Waals surface area contributed by atoms with Crippen LogP contribution in [0, 0.1) is 6.92 Å². The van der Waals surface area contributed by atoms with E-state index >= 15 is 0 Å². The molecular formula is C27H28N4O3. The highest BCUT2D eigenvalue weighted by atomic mass is 16.5. The molecule has 1 aromatic heterocycles. The normalized spacial score (nSPS) is 17.9. The molecule has 3 N–H and O–H groups in total. The summed E-state index contributed by atoms with van der Waals surface area (Å²) in [6.45, 7) is 2.57. The Labute approximate surface area is 199 Å². The summed E-state index contributed by atoms with van der Waals surface area (Å²) in [5.41, 5.74) is 9.83. The van der Waals surface area contributed by atoms with Crippen LogP contribution in [0.1, 0.15) is 33.0 Å². The minimum atomic E-state index is -0.705. The van der Waals surface area contributed by atoms with Gasteiger partial charge < -0.3 is 20.7 Å². The van der Waals surface area contributed by atoms with Gasteiger partial charge in [0.05, 0.1) is 18.6 Å². The number of ether oxygens (including phenoxy) is 1. The number of benzene rings is 2. The Morgan fingerprint density at radius 3 is 2.53 bits per heavy atom. The predicted molar refractivity (Wildman–Crippen MR) is 132 cm³/mol.